The molecule has 4 nitrogen and oxygen atoms in total. The normalized spacial score (nSPS) is 11.6. The van der Waals surface area contributed by atoms with Crippen LogP contribution in [-0.4, -0.2) is 15.0 Å². The molecular weight excluding hydrogens is 703 g/mol. The molecule has 5 heteroatoms. The number of hydrogen-bond donors (Lipinski definition) is 0. The fraction of sp³-hybridized carbons (Fsp3) is 0. The highest BCUT2D eigenvalue weighted by Crippen LogP contribution is 2.38. The van der Waals surface area contributed by atoms with E-state index in [1.807, 2.05) is 72.0 Å². The minimum absolute atomic E-state index is 0.627. The SMILES string of the molecule is c1ccc(-c2nc(-c3ccccc3)nc(-c3cccc(-c4ccc5c(c4)oc4ccc(-c6ccc(-c7ccc8c(c7)sc7ccccc78)cc6)cc45)c3)n2)cc1. The number of aromatic nitrogens is 3. The lowest BCUT2D eigenvalue weighted by atomic mass is 9.98. The highest BCUT2D eigenvalue weighted by atomic mass is 32.1. The number of hydrogen-bond acceptors (Lipinski definition) is 5. The van der Waals surface area contributed by atoms with E-state index in [1.54, 1.807) is 0 Å². The van der Waals surface area contributed by atoms with E-state index < -0.39 is 0 Å². The summed E-state index contributed by atoms with van der Waals surface area (Å²) in [5.74, 6) is 1.91. The van der Waals surface area contributed by atoms with Crippen LogP contribution in [0.3, 0.4) is 0 Å². The van der Waals surface area contributed by atoms with Crippen molar-refractivity contribution >= 4 is 53.4 Å². The predicted molar refractivity (Wildman–Crippen MR) is 233 cm³/mol. The van der Waals surface area contributed by atoms with Gasteiger partial charge in [-0.2, -0.15) is 0 Å². The Hall–Kier alpha value is -7.21. The van der Waals surface area contributed by atoms with Gasteiger partial charge in [0.15, 0.2) is 17.5 Å². The zero-order valence-electron chi connectivity index (χ0n) is 30.1. The second-order valence-corrected chi connectivity index (χ2v) is 15.1. The molecule has 0 bridgehead atoms. The zero-order valence-corrected chi connectivity index (χ0v) is 30.9. The van der Waals surface area contributed by atoms with Crippen molar-refractivity contribution in [2.75, 3.05) is 0 Å². The van der Waals surface area contributed by atoms with Gasteiger partial charge in [-0.25, -0.2) is 15.0 Å². The molecule has 0 atom stereocenters. The van der Waals surface area contributed by atoms with Crippen LogP contribution in [0.1, 0.15) is 0 Å². The third-order valence-corrected chi connectivity index (χ3v) is 11.7. The minimum atomic E-state index is 0.627. The molecule has 3 aromatic heterocycles. The Morgan fingerprint density at radius 3 is 1.50 bits per heavy atom. The summed E-state index contributed by atoms with van der Waals surface area (Å²) in [6, 6.07) is 65.8. The van der Waals surface area contributed by atoms with Gasteiger partial charge < -0.3 is 4.42 Å². The van der Waals surface area contributed by atoms with Crippen LogP contribution in [0, 0.1) is 0 Å². The molecule has 3 heterocycles. The summed E-state index contributed by atoms with van der Waals surface area (Å²) in [6.45, 7) is 0. The first-order chi connectivity index (χ1) is 27.7. The van der Waals surface area contributed by atoms with Crippen LogP contribution in [0.5, 0.6) is 0 Å². The largest absolute Gasteiger partial charge is 0.456 e. The van der Waals surface area contributed by atoms with E-state index in [0.717, 1.165) is 55.3 Å². The number of fused-ring (bicyclic) bond motifs is 6. The Labute approximate surface area is 327 Å². The van der Waals surface area contributed by atoms with Crippen molar-refractivity contribution < 1.29 is 4.42 Å². The van der Waals surface area contributed by atoms with Crippen LogP contribution in [0.2, 0.25) is 0 Å². The topological polar surface area (TPSA) is 51.8 Å². The molecular formula is C51H31N3OS. The smallest absolute Gasteiger partial charge is 0.164 e. The molecule has 8 aromatic carbocycles. The predicted octanol–water partition coefficient (Wildman–Crippen LogP) is 14.1. The first-order valence-corrected chi connectivity index (χ1v) is 19.5. The van der Waals surface area contributed by atoms with Crippen LogP contribution in [0.15, 0.2) is 192 Å². The van der Waals surface area contributed by atoms with Gasteiger partial charge in [0, 0.05) is 47.6 Å². The Morgan fingerprint density at radius 1 is 0.286 bits per heavy atom. The number of furan rings is 1. The van der Waals surface area contributed by atoms with E-state index in [1.165, 1.54) is 36.9 Å². The van der Waals surface area contributed by atoms with Crippen molar-refractivity contribution in [3.8, 4) is 67.5 Å². The Morgan fingerprint density at radius 2 is 0.786 bits per heavy atom. The molecule has 0 radical (unpaired) electrons. The van der Waals surface area contributed by atoms with Gasteiger partial charge in [-0.3, -0.25) is 0 Å². The van der Waals surface area contributed by atoms with Gasteiger partial charge in [-0.1, -0.05) is 146 Å². The molecule has 0 fully saturated rings. The Balaban J connectivity index is 0.906. The van der Waals surface area contributed by atoms with Crippen LogP contribution in [0.4, 0.5) is 0 Å². The lowest BCUT2D eigenvalue weighted by Gasteiger charge is -2.09. The van der Waals surface area contributed by atoms with Crippen molar-refractivity contribution in [1.82, 2.24) is 15.0 Å². The van der Waals surface area contributed by atoms with Crippen LogP contribution < -0.4 is 0 Å². The lowest BCUT2D eigenvalue weighted by molar-refractivity contribution is 0.669. The zero-order chi connectivity index (χ0) is 37.0. The summed E-state index contributed by atoms with van der Waals surface area (Å²) in [5, 5.41) is 4.84. The summed E-state index contributed by atoms with van der Waals surface area (Å²) in [5.41, 5.74) is 11.4. The molecule has 0 unspecified atom stereocenters. The lowest BCUT2D eigenvalue weighted by Crippen LogP contribution is -2.00. The molecule has 56 heavy (non-hydrogen) atoms. The van der Waals surface area contributed by atoms with Gasteiger partial charge in [0.2, 0.25) is 0 Å². The maximum atomic E-state index is 6.45. The van der Waals surface area contributed by atoms with Crippen molar-refractivity contribution in [3.63, 3.8) is 0 Å². The molecule has 0 aliphatic heterocycles. The van der Waals surface area contributed by atoms with E-state index in [2.05, 4.69) is 127 Å². The third-order valence-electron chi connectivity index (χ3n) is 10.6. The van der Waals surface area contributed by atoms with Gasteiger partial charge in [0.1, 0.15) is 11.2 Å². The second kappa shape index (κ2) is 13.3. The molecule has 262 valence electrons. The van der Waals surface area contributed by atoms with Crippen LogP contribution >= 0.6 is 11.3 Å². The van der Waals surface area contributed by atoms with Gasteiger partial charge in [-0.05, 0) is 75.8 Å². The highest BCUT2D eigenvalue weighted by Gasteiger charge is 2.15. The fourth-order valence-electron chi connectivity index (χ4n) is 7.67. The standard InChI is InChI=1S/C51H31N3OS/c1-3-10-34(11-4-1)49-52-50(35-12-5-2-6-13-35)54-51(53-49)40-15-9-14-36(28-40)38-22-25-41-44-29-37(24-27-45(44)55-46(41)30-38)32-18-20-33(21-19-32)39-23-26-43-42-16-7-8-17-47(42)56-48(43)31-39/h1-31H. The van der Waals surface area contributed by atoms with Crippen LogP contribution in [-0.2, 0) is 0 Å². The minimum Gasteiger partial charge on any atom is -0.456 e. The van der Waals surface area contributed by atoms with E-state index in [0.29, 0.717) is 17.5 Å². The fourth-order valence-corrected chi connectivity index (χ4v) is 8.82. The number of rotatable bonds is 6. The van der Waals surface area contributed by atoms with E-state index >= 15 is 0 Å². The summed E-state index contributed by atoms with van der Waals surface area (Å²) in [6.07, 6.45) is 0. The molecule has 0 aliphatic carbocycles. The highest BCUT2D eigenvalue weighted by molar-refractivity contribution is 7.25. The summed E-state index contributed by atoms with van der Waals surface area (Å²) >= 11 is 1.86. The van der Waals surface area contributed by atoms with Gasteiger partial charge >= 0.3 is 0 Å². The summed E-state index contributed by atoms with van der Waals surface area (Å²) in [7, 11) is 0. The quantitative estimate of drug-likeness (QED) is 0.171. The molecule has 0 amide bonds. The Kier molecular flexibility index (Phi) is 7.64. The van der Waals surface area contributed by atoms with E-state index in [9.17, 15) is 0 Å². The third kappa shape index (κ3) is 5.74. The average molecular weight is 734 g/mol. The molecule has 0 spiro atoms. The van der Waals surface area contributed by atoms with Crippen LogP contribution in [0.25, 0.3) is 110 Å². The summed E-state index contributed by atoms with van der Waals surface area (Å²) in [4.78, 5) is 14.7. The molecule has 0 aliphatic rings. The number of benzene rings is 8. The van der Waals surface area contributed by atoms with Crippen molar-refractivity contribution in [2.45, 2.75) is 0 Å². The van der Waals surface area contributed by atoms with E-state index in [-0.39, 0.29) is 0 Å². The Bertz CT molecular complexity index is 3180. The van der Waals surface area contributed by atoms with E-state index in [4.69, 9.17) is 19.4 Å². The second-order valence-electron chi connectivity index (χ2n) is 14.0. The van der Waals surface area contributed by atoms with Crippen molar-refractivity contribution in [3.05, 3.63) is 188 Å². The molecule has 0 saturated heterocycles. The van der Waals surface area contributed by atoms with Gasteiger partial charge in [-0.15, -0.1) is 11.3 Å². The maximum Gasteiger partial charge on any atom is 0.164 e. The molecule has 0 saturated carbocycles. The molecule has 0 N–H and O–H groups in total. The molecule has 11 rings (SSSR count). The number of thiophene rings is 1. The first-order valence-electron chi connectivity index (χ1n) is 18.7. The van der Waals surface area contributed by atoms with Gasteiger partial charge in [0.05, 0.1) is 0 Å². The van der Waals surface area contributed by atoms with Gasteiger partial charge in [0.25, 0.3) is 0 Å². The molecule has 11 aromatic rings. The number of nitrogens with zero attached hydrogens (tertiary/aromatic N) is 3. The van der Waals surface area contributed by atoms with Crippen molar-refractivity contribution in [2.24, 2.45) is 0 Å². The first kappa shape index (κ1) is 32.2. The van der Waals surface area contributed by atoms with Crippen molar-refractivity contribution in [1.29, 1.82) is 0 Å². The monoisotopic (exact) mass is 733 g/mol. The maximum absolute atomic E-state index is 6.45. The average Bonchev–Trinajstić information content (AvgIpc) is 3.84. The summed E-state index contributed by atoms with van der Waals surface area (Å²) < 4.78 is 9.10.